The average Bonchev–Trinajstić information content (AvgIpc) is 2.96. The molecule has 3 saturated carbocycles. The highest BCUT2D eigenvalue weighted by Crippen LogP contribution is 2.63. The molecule has 0 heterocycles. The number of carbonyl (C=O) groups is 2. The fraction of sp³-hybridized carbons (Fsp3) is 0.846. The standard InChI is InChI=1S/C13H18O4/c1-17-13(16)11-9-5-8(10(11)12(14)15)6-3-2-4-7(6)9/h6-11H,2-5H2,1H3,(H,14,15). The zero-order valence-corrected chi connectivity index (χ0v) is 9.96. The Bertz CT molecular complexity index is 364. The van der Waals surface area contributed by atoms with E-state index >= 15 is 0 Å². The van der Waals surface area contributed by atoms with Gasteiger partial charge in [-0.1, -0.05) is 6.42 Å². The zero-order valence-electron chi connectivity index (χ0n) is 9.96. The molecule has 0 radical (unpaired) electrons. The Morgan fingerprint density at radius 3 is 2.18 bits per heavy atom. The summed E-state index contributed by atoms with van der Waals surface area (Å²) in [4.78, 5) is 23.2. The monoisotopic (exact) mass is 238 g/mol. The second-order valence-corrected chi connectivity index (χ2v) is 5.73. The second-order valence-electron chi connectivity index (χ2n) is 5.73. The van der Waals surface area contributed by atoms with Crippen LogP contribution in [-0.2, 0) is 14.3 Å². The lowest BCUT2D eigenvalue weighted by atomic mass is 9.69. The van der Waals surface area contributed by atoms with E-state index in [4.69, 9.17) is 4.74 Å². The SMILES string of the molecule is COC(=O)C1C2CC(C3CCCC32)C1C(=O)O. The quantitative estimate of drug-likeness (QED) is 0.741. The molecule has 0 aliphatic heterocycles. The maximum Gasteiger partial charge on any atom is 0.309 e. The normalized spacial score (nSPS) is 46.9. The number of hydrogen-bond donors (Lipinski definition) is 1. The van der Waals surface area contributed by atoms with Gasteiger partial charge in [0.05, 0.1) is 18.9 Å². The van der Waals surface area contributed by atoms with Crippen LogP contribution in [0.3, 0.4) is 0 Å². The third kappa shape index (κ3) is 1.36. The first-order valence-electron chi connectivity index (χ1n) is 6.45. The average molecular weight is 238 g/mol. The number of hydrogen-bond acceptors (Lipinski definition) is 3. The van der Waals surface area contributed by atoms with Crippen molar-refractivity contribution in [2.24, 2.45) is 35.5 Å². The summed E-state index contributed by atoms with van der Waals surface area (Å²) in [6, 6.07) is 0. The molecular weight excluding hydrogens is 220 g/mol. The summed E-state index contributed by atoms with van der Waals surface area (Å²) in [5, 5.41) is 9.36. The van der Waals surface area contributed by atoms with Crippen molar-refractivity contribution in [3.63, 3.8) is 0 Å². The zero-order chi connectivity index (χ0) is 12.2. The molecule has 3 rings (SSSR count). The molecule has 6 unspecified atom stereocenters. The molecule has 0 aromatic rings. The maximum atomic E-state index is 11.8. The molecule has 1 N–H and O–H groups in total. The molecule has 0 aromatic carbocycles. The Balaban J connectivity index is 1.93. The van der Waals surface area contributed by atoms with E-state index in [1.54, 1.807) is 0 Å². The van der Waals surface area contributed by atoms with Crippen LogP contribution in [0.1, 0.15) is 25.7 Å². The molecule has 3 aliphatic rings. The number of ether oxygens (including phenoxy) is 1. The van der Waals surface area contributed by atoms with Gasteiger partial charge in [0.2, 0.25) is 0 Å². The third-order valence-electron chi connectivity index (χ3n) is 5.34. The van der Waals surface area contributed by atoms with E-state index in [0.29, 0.717) is 11.8 Å². The van der Waals surface area contributed by atoms with Gasteiger partial charge in [0, 0.05) is 0 Å². The number of methoxy groups -OCH3 is 1. The van der Waals surface area contributed by atoms with Crippen molar-refractivity contribution in [1.82, 2.24) is 0 Å². The summed E-state index contributed by atoms with van der Waals surface area (Å²) in [6.07, 6.45) is 4.45. The summed E-state index contributed by atoms with van der Waals surface area (Å²) in [5.74, 6) is -0.376. The van der Waals surface area contributed by atoms with E-state index < -0.39 is 11.9 Å². The van der Waals surface area contributed by atoms with Crippen LogP contribution in [0, 0.1) is 35.5 Å². The smallest absolute Gasteiger partial charge is 0.309 e. The van der Waals surface area contributed by atoms with Crippen LogP contribution >= 0.6 is 0 Å². The molecule has 0 amide bonds. The van der Waals surface area contributed by atoms with Crippen molar-refractivity contribution >= 4 is 11.9 Å². The van der Waals surface area contributed by atoms with Crippen LogP contribution in [0.4, 0.5) is 0 Å². The number of fused-ring (bicyclic) bond motifs is 5. The topological polar surface area (TPSA) is 63.6 Å². The molecule has 4 nitrogen and oxygen atoms in total. The van der Waals surface area contributed by atoms with E-state index in [1.807, 2.05) is 0 Å². The number of carboxylic acids is 1. The summed E-state index contributed by atoms with van der Waals surface area (Å²) in [5.41, 5.74) is 0. The van der Waals surface area contributed by atoms with Gasteiger partial charge in [0.15, 0.2) is 0 Å². The number of carboxylic acid groups (broad SMARTS) is 1. The minimum atomic E-state index is -0.807. The molecule has 94 valence electrons. The minimum Gasteiger partial charge on any atom is -0.481 e. The van der Waals surface area contributed by atoms with Gasteiger partial charge in [-0.05, 0) is 42.9 Å². The third-order valence-corrected chi connectivity index (χ3v) is 5.34. The lowest BCUT2D eigenvalue weighted by Gasteiger charge is -2.34. The van der Waals surface area contributed by atoms with Crippen molar-refractivity contribution in [3.05, 3.63) is 0 Å². The largest absolute Gasteiger partial charge is 0.481 e. The van der Waals surface area contributed by atoms with Crippen LogP contribution < -0.4 is 0 Å². The molecular formula is C13H18O4. The van der Waals surface area contributed by atoms with Crippen molar-refractivity contribution in [3.8, 4) is 0 Å². The predicted octanol–water partition coefficient (Wildman–Crippen LogP) is 1.54. The fourth-order valence-electron chi connectivity index (χ4n) is 4.90. The van der Waals surface area contributed by atoms with Gasteiger partial charge in [-0.3, -0.25) is 9.59 Å². The van der Waals surface area contributed by atoms with E-state index in [2.05, 4.69) is 0 Å². The highest BCUT2D eigenvalue weighted by atomic mass is 16.5. The van der Waals surface area contributed by atoms with Gasteiger partial charge < -0.3 is 9.84 Å². The van der Waals surface area contributed by atoms with Gasteiger partial charge in [-0.25, -0.2) is 0 Å². The molecule has 17 heavy (non-hydrogen) atoms. The van der Waals surface area contributed by atoms with Crippen LogP contribution in [0.2, 0.25) is 0 Å². The molecule has 4 heteroatoms. The molecule has 0 aromatic heterocycles. The number of esters is 1. The first-order chi connectivity index (χ1) is 8.15. The molecule has 0 spiro atoms. The number of carbonyl (C=O) groups excluding carboxylic acids is 1. The Labute approximate surface area is 100 Å². The van der Waals surface area contributed by atoms with Crippen molar-refractivity contribution in [2.75, 3.05) is 7.11 Å². The number of aliphatic carboxylic acids is 1. The molecule has 6 atom stereocenters. The summed E-state index contributed by atoms with van der Waals surface area (Å²) in [7, 11) is 1.36. The highest BCUT2D eigenvalue weighted by molar-refractivity contribution is 5.83. The Kier molecular flexibility index (Phi) is 2.42. The fourth-order valence-corrected chi connectivity index (χ4v) is 4.90. The van der Waals surface area contributed by atoms with Crippen LogP contribution in [0.15, 0.2) is 0 Å². The van der Waals surface area contributed by atoms with Gasteiger partial charge >= 0.3 is 11.9 Å². The van der Waals surface area contributed by atoms with Crippen molar-refractivity contribution in [2.45, 2.75) is 25.7 Å². The van der Waals surface area contributed by atoms with E-state index in [-0.39, 0.29) is 23.7 Å². The lowest BCUT2D eigenvalue weighted by Crippen LogP contribution is -2.41. The Morgan fingerprint density at radius 2 is 1.65 bits per heavy atom. The van der Waals surface area contributed by atoms with Gasteiger partial charge in [0.25, 0.3) is 0 Å². The lowest BCUT2D eigenvalue weighted by molar-refractivity contribution is -0.160. The van der Waals surface area contributed by atoms with Gasteiger partial charge in [-0.2, -0.15) is 0 Å². The maximum absolute atomic E-state index is 11.8. The van der Waals surface area contributed by atoms with E-state index in [9.17, 15) is 14.7 Å². The van der Waals surface area contributed by atoms with Crippen LogP contribution in [-0.4, -0.2) is 24.2 Å². The molecule has 3 fully saturated rings. The minimum absolute atomic E-state index is 0.217. The summed E-state index contributed by atoms with van der Waals surface area (Å²) < 4.78 is 4.81. The van der Waals surface area contributed by atoms with Crippen molar-refractivity contribution < 1.29 is 19.4 Å². The predicted molar refractivity (Wildman–Crippen MR) is 59.1 cm³/mol. The van der Waals surface area contributed by atoms with Crippen LogP contribution in [0.5, 0.6) is 0 Å². The van der Waals surface area contributed by atoms with Crippen LogP contribution in [0.25, 0.3) is 0 Å². The van der Waals surface area contributed by atoms with E-state index in [1.165, 1.54) is 20.0 Å². The summed E-state index contributed by atoms with van der Waals surface area (Å²) in [6.45, 7) is 0. The summed E-state index contributed by atoms with van der Waals surface area (Å²) >= 11 is 0. The number of rotatable bonds is 2. The van der Waals surface area contributed by atoms with Gasteiger partial charge in [-0.15, -0.1) is 0 Å². The van der Waals surface area contributed by atoms with Gasteiger partial charge in [0.1, 0.15) is 0 Å². The molecule has 0 saturated heterocycles. The van der Waals surface area contributed by atoms with Crippen molar-refractivity contribution in [1.29, 1.82) is 0 Å². The molecule has 3 aliphatic carbocycles. The molecule has 2 bridgehead atoms. The van der Waals surface area contributed by atoms with E-state index in [0.717, 1.165) is 12.8 Å². The first kappa shape index (κ1) is 11.1. The highest BCUT2D eigenvalue weighted by Gasteiger charge is 2.63. The Morgan fingerprint density at radius 1 is 1.06 bits per heavy atom. The first-order valence-corrected chi connectivity index (χ1v) is 6.45. The second kappa shape index (κ2) is 3.72. The Hall–Kier alpha value is -1.06.